The lowest BCUT2D eigenvalue weighted by Gasteiger charge is -2.25. The second-order valence-corrected chi connectivity index (χ2v) is 5.34. The predicted octanol–water partition coefficient (Wildman–Crippen LogP) is 4.23. The normalized spacial score (nSPS) is 12.3. The fraction of sp³-hybridized carbons (Fsp3) is 0.294. The maximum atomic E-state index is 13.8. The Morgan fingerprint density at radius 1 is 1.10 bits per heavy atom. The Morgan fingerprint density at radius 3 is 2.25 bits per heavy atom. The van der Waals surface area contributed by atoms with Crippen LogP contribution in [0.15, 0.2) is 36.4 Å². The lowest BCUT2D eigenvalue weighted by molar-refractivity contribution is 0.613. The van der Waals surface area contributed by atoms with Crippen molar-refractivity contribution < 1.29 is 4.39 Å². The second kappa shape index (κ2) is 5.63. The van der Waals surface area contributed by atoms with Crippen molar-refractivity contribution in [3.8, 4) is 0 Å². The zero-order valence-electron chi connectivity index (χ0n) is 12.4. The van der Waals surface area contributed by atoms with E-state index in [0.717, 1.165) is 16.9 Å². The van der Waals surface area contributed by atoms with Gasteiger partial charge in [0.15, 0.2) is 0 Å². The average Bonchev–Trinajstić information content (AvgIpc) is 2.41. The second-order valence-electron chi connectivity index (χ2n) is 5.34. The third-order valence-corrected chi connectivity index (χ3v) is 3.58. The molecule has 3 heteroatoms. The van der Waals surface area contributed by atoms with E-state index in [1.807, 2.05) is 24.9 Å². The van der Waals surface area contributed by atoms with Crippen LogP contribution in [0.25, 0.3) is 0 Å². The van der Waals surface area contributed by atoms with Crippen molar-refractivity contribution in [1.29, 1.82) is 0 Å². The van der Waals surface area contributed by atoms with E-state index in [9.17, 15) is 4.39 Å². The maximum Gasteiger partial charge on any atom is 0.126 e. The van der Waals surface area contributed by atoms with Crippen LogP contribution >= 0.6 is 0 Å². The summed E-state index contributed by atoms with van der Waals surface area (Å²) in [5.41, 5.74) is 10.6. The SMILES string of the molecule is Cc1ccc(N(C)c2cc(C)c(F)cc2C(C)N)cc1. The number of halogens is 1. The van der Waals surface area contributed by atoms with Crippen molar-refractivity contribution in [1.82, 2.24) is 0 Å². The molecule has 0 spiro atoms. The van der Waals surface area contributed by atoms with E-state index in [0.29, 0.717) is 5.56 Å². The molecule has 0 aliphatic carbocycles. The molecule has 0 heterocycles. The molecule has 0 fully saturated rings. The van der Waals surface area contributed by atoms with Gasteiger partial charge in [-0.25, -0.2) is 4.39 Å². The van der Waals surface area contributed by atoms with Crippen LogP contribution in [0.4, 0.5) is 15.8 Å². The van der Waals surface area contributed by atoms with Crippen LogP contribution in [0.1, 0.15) is 29.7 Å². The van der Waals surface area contributed by atoms with Gasteiger partial charge in [-0.2, -0.15) is 0 Å². The monoisotopic (exact) mass is 272 g/mol. The van der Waals surface area contributed by atoms with Gasteiger partial charge in [-0.05, 0) is 56.2 Å². The summed E-state index contributed by atoms with van der Waals surface area (Å²) >= 11 is 0. The Kier molecular flexibility index (Phi) is 4.09. The highest BCUT2D eigenvalue weighted by Gasteiger charge is 2.15. The summed E-state index contributed by atoms with van der Waals surface area (Å²) in [5, 5.41) is 0. The van der Waals surface area contributed by atoms with Gasteiger partial charge in [0.05, 0.1) is 0 Å². The van der Waals surface area contributed by atoms with Gasteiger partial charge in [-0.3, -0.25) is 0 Å². The van der Waals surface area contributed by atoms with Crippen molar-refractivity contribution in [2.24, 2.45) is 5.73 Å². The summed E-state index contributed by atoms with van der Waals surface area (Å²) in [6.07, 6.45) is 0. The van der Waals surface area contributed by atoms with Gasteiger partial charge in [-0.15, -0.1) is 0 Å². The third-order valence-electron chi connectivity index (χ3n) is 3.58. The van der Waals surface area contributed by atoms with Crippen LogP contribution in [0.3, 0.4) is 0 Å². The van der Waals surface area contributed by atoms with E-state index in [-0.39, 0.29) is 11.9 Å². The van der Waals surface area contributed by atoms with Crippen LogP contribution in [-0.2, 0) is 0 Å². The van der Waals surface area contributed by atoms with E-state index in [1.165, 1.54) is 5.56 Å². The number of hydrogen-bond donors (Lipinski definition) is 1. The van der Waals surface area contributed by atoms with Crippen molar-refractivity contribution >= 4 is 11.4 Å². The van der Waals surface area contributed by atoms with Gasteiger partial charge >= 0.3 is 0 Å². The van der Waals surface area contributed by atoms with Crippen LogP contribution in [-0.4, -0.2) is 7.05 Å². The topological polar surface area (TPSA) is 29.3 Å². The number of nitrogens with two attached hydrogens (primary N) is 1. The van der Waals surface area contributed by atoms with Crippen molar-refractivity contribution in [2.75, 3.05) is 11.9 Å². The summed E-state index contributed by atoms with van der Waals surface area (Å²) in [5.74, 6) is -0.210. The highest BCUT2D eigenvalue weighted by atomic mass is 19.1. The maximum absolute atomic E-state index is 13.8. The van der Waals surface area contributed by atoms with Crippen LogP contribution in [0, 0.1) is 19.7 Å². The largest absolute Gasteiger partial charge is 0.344 e. The molecule has 0 radical (unpaired) electrons. The van der Waals surface area contributed by atoms with Gasteiger partial charge < -0.3 is 10.6 Å². The zero-order valence-corrected chi connectivity index (χ0v) is 12.4. The molecule has 1 unspecified atom stereocenters. The molecule has 2 aromatic rings. The van der Waals surface area contributed by atoms with E-state index in [4.69, 9.17) is 5.73 Å². The Morgan fingerprint density at radius 2 is 1.70 bits per heavy atom. The predicted molar refractivity (Wildman–Crippen MR) is 83.0 cm³/mol. The molecule has 2 rings (SSSR count). The number of aryl methyl sites for hydroxylation is 2. The van der Waals surface area contributed by atoms with Crippen molar-refractivity contribution in [2.45, 2.75) is 26.8 Å². The number of anilines is 2. The van der Waals surface area contributed by atoms with Gasteiger partial charge in [0.2, 0.25) is 0 Å². The summed E-state index contributed by atoms with van der Waals surface area (Å²) < 4.78 is 13.8. The first kappa shape index (κ1) is 14.5. The molecule has 0 saturated heterocycles. The molecule has 0 aliphatic heterocycles. The first-order chi connectivity index (χ1) is 9.40. The summed E-state index contributed by atoms with van der Waals surface area (Å²) in [4.78, 5) is 2.05. The summed E-state index contributed by atoms with van der Waals surface area (Å²) in [6.45, 7) is 5.70. The Labute approximate surface area is 120 Å². The smallest absolute Gasteiger partial charge is 0.126 e. The number of benzene rings is 2. The Hall–Kier alpha value is -1.87. The molecular weight excluding hydrogens is 251 g/mol. The molecule has 0 saturated carbocycles. The minimum absolute atomic E-state index is 0.210. The molecule has 2 aromatic carbocycles. The molecule has 2 nitrogen and oxygen atoms in total. The summed E-state index contributed by atoms with van der Waals surface area (Å²) in [7, 11) is 1.98. The van der Waals surface area contributed by atoms with E-state index in [1.54, 1.807) is 13.0 Å². The van der Waals surface area contributed by atoms with Gasteiger partial charge in [0, 0.05) is 24.5 Å². The van der Waals surface area contributed by atoms with Crippen LogP contribution < -0.4 is 10.6 Å². The number of rotatable bonds is 3. The minimum Gasteiger partial charge on any atom is -0.344 e. The Bertz CT molecular complexity index is 603. The lowest BCUT2D eigenvalue weighted by atomic mass is 10.0. The van der Waals surface area contributed by atoms with Crippen LogP contribution in [0.5, 0.6) is 0 Å². The standard InChI is InChI=1S/C17H21FN2/c1-11-5-7-14(8-6-11)20(4)17-9-12(2)16(18)10-15(17)13(3)19/h5-10,13H,19H2,1-4H3. The molecule has 0 aromatic heterocycles. The van der Waals surface area contributed by atoms with E-state index < -0.39 is 0 Å². The minimum atomic E-state index is -0.215. The molecule has 0 bridgehead atoms. The van der Waals surface area contributed by atoms with E-state index in [2.05, 4.69) is 31.2 Å². The fourth-order valence-corrected chi connectivity index (χ4v) is 2.24. The fourth-order valence-electron chi connectivity index (χ4n) is 2.24. The first-order valence-electron chi connectivity index (χ1n) is 6.76. The molecular formula is C17H21FN2. The van der Waals surface area contributed by atoms with E-state index >= 15 is 0 Å². The average molecular weight is 272 g/mol. The molecule has 20 heavy (non-hydrogen) atoms. The zero-order chi connectivity index (χ0) is 14.9. The quantitative estimate of drug-likeness (QED) is 0.906. The number of nitrogens with zero attached hydrogens (tertiary/aromatic N) is 1. The van der Waals surface area contributed by atoms with Gasteiger partial charge in [-0.1, -0.05) is 17.7 Å². The van der Waals surface area contributed by atoms with Crippen LogP contribution in [0.2, 0.25) is 0 Å². The Balaban J connectivity index is 2.50. The molecule has 0 amide bonds. The highest BCUT2D eigenvalue weighted by molar-refractivity contribution is 5.67. The molecule has 106 valence electrons. The van der Waals surface area contributed by atoms with Gasteiger partial charge in [0.25, 0.3) is 0 Å². The molecule has 0 aliphatic rings. The lowest BCUT2D eigenvalue weighted by Crippen LogP contribution is -2.16. The van der Waals surface area contributed by atoms with Crippen molar-refractivity contribution in [3.63, 3.8) is 0 Å². The molecule has 1 atom stereocenters. The number of hydrogen-bond acceptors (Lipinski definition) is 2. The van der Waals surface area contributed by atoms with Gasteiger partial charge in [0.1, 0.15) is 5.82 Å². The first-order valence-corrected chi connectivity index (χ1v) is 6.76. The molecule has 2 N–H and O–H groups in total. The van der Waals surface area contributed by atoms with Crippen molar-refractivity contribution in [3.05, 3.63) is 58.9 Å². The third kappa shape index (κ3) is 2.83. The summed E-state index contributed by atoms with van der Waals surface area (Å²) in [6, 6.07) is 11.4. The highest BCUT2D eigenvalue weighted by Crippen LogP contribution is 2.32.